The van der Waals surface area contributed by atoms with Gasteiger partial charge in [-0.15, -0.1) is 0 Å². The van der Waals surface area contributed by atoms with Gasteiger partial charge in [0.1, 0.15) is 5.82 Å². The number of carbonyl (C=O) groups is 1. The largest absolute Gasteiger partial charge is 0.388 e. The third-order valence-electron chi connectivity index (χ3n) is 3.25. The lowest BCUT2D eigenvalue weighted by atomic mass is 10.0. The predicted octanol–water partition coefficient (Wildman–Crippen LogP) is 1.76. The summed E-state index contributed by atoms with van der Waals surface area (Å²) in [5.41, 5.74) is 0.483. The Labute approximate surface area is 126 Å². The van der Waals surface area contributed by atoms with Gasteiger partial charge in [0.2, 0.25) is 5.56 Å². The van der Waals surface area contributed by atoms with Crippen LogP contribution < -0.4 is 10.9 Å². The van der Waals surface area contributed by atoms with E-state index in [9.17, 15) is 19.1 Å². The van der Waals surface area contributed by atoms with Crippen molar-refractivity contribution in [3.63, 3.8) is 0 Å². The summed E-state index contributed by atoms with van der Waals surface area (Å²) in [6.07, 6.45) is 0.866. The topological polar surface area (TPSA) is 82.2 Å². The molecule has 0 aliphatic carbocycles. The van der Waals surface area contributed by atoms with Crippen LogP contribution in [-0.2, 0) is 0 Å². The minimum absolute atomic E-state index is 0.256. The van der Waals surface area contributed by atoms with Gasteiger partial charge < -0.3 is 15.4 Å². The molecule has 22 heavy (non-hydrogen) atoms. The standard InChI is InChI=1S/C16H17FN2O3/c1-10(8-14(20)11-2-4-13(17)5-3-11)19-16(22)12-6-7-18-15(21)9-12/h2-7,9-10,14,20H,8H2,1H3,(H,18,21)(H,19,22). The van der Waals surface area contributed by atoms with E-state index in [4.69, 9.17) is 0 Å². The summed E-state index contributed by atoms with van der Waals surface area (Å²) in [6.45, 7) is 1.75. The van der Waals surface area contributed by atoms with Crippen LogP contribution in [-0.4, -0.2) is 22.0 Å². The van der Waals surface area contributed by atoms with Crippen LogP contribution in [0.4, 0.5) is 4.39 Å². The van der Waals surface area contributed by atoms with Gasteiger partial charge in [-0.1, -0.05) is 12.1 Å². The number of amides is 1. The molecule has 0 aliphatic heterocycles. The number of aromatic amines is 1. The van der Waals surface area contributed by atoms with Crippen molar-refractivity contribution in [3.05, 3.63) is 69.9 Å². The zero-order valence-electron chi connectivity index (χ0n) is 12.0. The first-order valence-corrected chi connectivity index (χ1v) is 6.89. The van der Waals surface area contributed by atoms with Crippen molar-refractivity contribution in [3.8, 4) is 0 Å². The van der Waals surface area contributed by atoms with E-state index in [0.717, 1.165) is 0 Å². The Morgan fingerprint density at radius 2 is 2.00 bits per heavy atom. The zero-order chi connectivity index (χ0) is 16.1. The number of benzene rings is 1. The van der Waals surface area contributed by atoms with Gasteiger partial charge in [-0.2, -0.15) is 0 Å². The Hall–Kier alpha value is -2.47. The number of hydrogen-bond acceptors (Lipinski definition) is 3. The third kappa shape index (κ3) is 4.26. The molecule has 6 heteroatoms. The molecule has 1 heterocycles. The van der Waals surface area contributed by atoms with Crippen molar-refractivity contribution >= 4 is 5.91 Å². The van der Waals surface area contributed by atoms with Gasteiger partial charge in [0.05, 0.1) is 6.10 Å². The van der Waals surface area contributed by atoms with Crippen LogP contribution in [0.15, 0.2) is 47.4 Å². The highest BCUT2D eigenvalue weighted by molar-refractivity contribution is 5.94. The first-order chi connectivity index (χ1) is 10.5. The van der Waals surface area contributed by atoms with E-state index in [0.29, 0.717) is 5.56 Å². The molecule has 0 aliphatic rings. The molecule has 1 amide bonds. The van der Waals surface area contributed by atoms with Crippen molar-refractivity contribution in [2.75, 3.05) is 0 Å². The highest BCUT2D eigenvalue weighted by Crippen LogP contribution is 2.18. The Morgan fingerprint density at radius 3 is 2.64 bits per heavy atom. The summed E-state index contributed by atoms with van der Waals surface area (Å²) >= 11 is 0. The maximum absolute atomic E-state index is 12.8. The van der Waals surface area contributed by atoms with Crippen molar-refractivity contribution < 1.29 is 14.3 Å². The lowest BCUT2D eigenvalue weighted by Crippen LogP contribution is -2.34. The molecule has 0 radical (unpaired) electrons. The quantitative estimate of drug-likeness (QED) is 0.787. The maximum atomic E-state index is 12.8. The number of rotatable bonds is 5. The number of carbonyl (C=O) groups excluding carboxylic acids is 1. The summed E-state index contributed by atoms with van der Waals surface area (Å²) in [4.78, 5) is 25.6. The van der Waals surface area contributed by atoms with Gasteiger partial charge in [-0.3, -0.25) is 9.59 Å². The zero-order valence-corrected chi connectivity index (χ0v) is 12.0. The normalized spacial score (nSPS) is 13.4. The van der Waals surface area contributed by atoms with Gasteiger partial charge in [0.15, 0.2) is 0 Å². The summed E-state index contributed by atoms with van der Waals surface area (Å²) in [5, 5.41) is 12.8. The molecule has 5 nitrogen and oxygen atoms in total. The van der Waals surface area contributed by atoms with Gasteiger partial charge in [0.25, 0.3) is 5.91 Å². The van der Waals surface area contributed by atoms with E-state index in [1.165, 1.54) is 42.6 Å². The van der Waals surface area contributed by atoms with Gasteiger partial charge in [-0.25, -0.2) is 4.39 Å². The third-order valence-corrected chi connectivity index (χ3v) is 3.25. The van der Waals surface area contributed by atoms with Gasteiger partial charge in [-0.05, 0) is 37.1 Å². The van der Waals surface area contributed by atoms with Crippen molar-refractivity contribution in [2.24, 2.45) is 0 Å². The van der Waals surface area contributed by atoms with E-state index in [2.05, 4.69) is 10.3 Å². The average Bonchev–Trinajstić information content (AvgIpc) is 2.47. The Morgan fingerprint density at radius 1 is 1.32 bits per heavy atom. The summed E-state index contributed by atoms with van der Waals surface area (Å²) in [6, 6.07) is 7.96. The fourth-order valence-electron chi connectivity index (χ4n) is 2.11. The molecule has 0 fully saturated rings. The Kier molecular flexibility index (Phi) is 5.06. The van der Waals surface area contributed by atoms with Crippen LogP contribution in [0.3, 0.4) is 0 Å². The first kappa shape index (κ1) is 15.9. The monoisotopic (exact) mass is 304 g/mol. The van der Waals surface area contributed by atoms with Crippen LogP contribution in [0.5, 0.6) is 0 Å². The molecule has 0 spiro atoms. The second kappa shape index (κ2) is 7.00. The lowest BCUT2D eigenvalue weighted by Gasteiger charge is -2.18. The van der Waals surface area contributed by atoms with E-state index >= 15 is 0 Å². The molecule has 2 atom stereocenters. The number of pyridine rings is 1. The summed E-state index contributed by atoms with van der Waals surface area (Å²) in [5.74, 6) is -0.753. The fourth-order valence-corrected chi connectivity index (χ4v) is 2.11. The smallest absolute Gasteiger partial charge is 0.251 e. The van der Waals surface area contributed by atoms with Crippen LogP contribution in [0.1, 0.15) is 35.4 Å². The molecular formula is C16H17FN2O3. The maximum Gasteiger partial charge on any atom is 0.251 e. The molecule has 116 valence electrons. The minimum atomic E-state index is -0.810. The van der Waals surface area contributed by atoms with Crippen LogP contribution in [0.25, 0.3) is 0 Å². The second-order valence-electron chi connectivity index (χ2n) is 5.12. The lowest BCUT2D eigenvalue weighted by molar-refractivity contribution is 0.0916. The van der Waals surface area contributed by atoms with Gasteiger partial charge in [0, 0.05) is 23.9 Å². The molecule has 0 saturated carbocycles. The number of halogens is 1. The molecule has 2 aromatic rings. The molecule has 2 rings (SSSR count). The highest BCUT2D eigenvalue weighted by Gasteiger charge is 2.15. The van der Waals surface area contributed by atoms with E-state index in [1.807, 2.05) is 0 Å². The summed E-state index contributed by atoms with van der Waals surface area (Å²) in [7, 11) is 0. The SMILES string of the molecule is CC(CC(O)c1ccc(F)cc1)NC(=O)c1cc[nH]c(=O)c1. The van der Waals surface area contributed by atoms with Crippen LogP contribution in [0.2, 0.25) is 0 Å². The number of aliphatic hydroxyl groups is 1. The average molecular weight is 304 g/mol. The van der Waals surface area contributed by atoms with E-state index < -0.39 is 6.10 Å². The number of aromatic nitrogens is 1. The molecule has 0 saturated heterocycles. The molecule has 1 aromatic carbocycles. The molecular weight excluding hydrogens is 287 g/mol. The van der Waals surface area contributed by atoms with E-state index in [-0.39, 0.29) is 35.3 Å². The molecule has 0 bridgehead atoms. The second-order valence-corrected chi connectivity index (χ2v) is 5.12. The number of nitrogens with one attached hydrogen (secondary N) is 2. The molecule has 3 N–H and O–H groups in total. The number of aliphatic hydroxyl groups excluding tert-OH is 1. The van der Waals surface area contributed by atoms with Crippen LogP contribution >= 0.6 is 0 Å². The first-order valence-electron chi connectivity index (χ1n) is 6.89. The molecule has 1 aromatic heterocycles. The Balaban J connectivity index is 1.94. The summed E-state index contributed by atoms with van der Waals surface area (Å²) < 4.78 is 12.8. The fraction of sp³-hybridized carbons (Fsp3) is 0.250. The van der Waals surface area contributed by atoms with Crippen molar-refractivity contribution in [1.82, 2.24) is 10.3 Å². The highest BCUT2D eigenvalue weighted by atomic mass is 19.1. The predicted molar refractivity (Wildman–Crippen MR) is 80.0 cm³/mol. The van der Waals surface area contributed by atoms with Crippen LogP contribution in [0, 0.1) is 5.82 Å². The minimum Gasteiger partial charge on any atom is -0.388 e. The van der Waals surface area contributed by atoms with Gasteiger partial charge >= 0.3 is 0 Å². The van der Waals surface area contributed by atoms with Crippen molar-refractivity contribution in [1.29, 1.82) is 0 Å². The number of hydrogen-bond donors (Lipinski definition) is 3. The van der Waals surface area contributed by atoms with Crippen molar-refractivity contribution in [2.45, 2.75) is 25.5 Å². The Bertz CT molecular complexity index is 697. The molecule has 2 unspecified atom stereocenters. The number of H-pyrrole nitrogens is 1. The van der Waals surface area contributed by atoms with E-state index in [1.54, 1.807) is 6.92 Å².